The van der Waals surface area contributed by atoms with Gasteiger partial charge in [-0.1, -0.05) is 30.4 Å². The lowest BCUT2D eigenvalue weighted by atomic mass is 10.1. The molecule has 1 aromatic heterocycles. The van der Waals surface area contributed by atoms with Crippen molar-refractivity contribution in [3.63, 3.8) is 0 Å². The van der Waals surface area contributed by atoms with Crippen LogP contribution in [0.1, 0.15) is 31.9 Å². The van der Waals surface area contributed by atoms with Crippen molar-refractivity contribution in [2.75, 3.05) is 6.54 Å². The SMILES string of the molecule is CC(C)(C)OC(=O)NC/C=C/c1cnc(-c2cccc(CO)c2)nc1. The van der Waals surface area contributed by atoms with Gasteiger partial charge in [0.1, 0.15) is 5.60 Å². The minimum atomic E-state index is -0.509. The van der Waals surface area contributed by atoms with E-state index in [1.165, 1.54) is 0 Å². The Bertz CT molecular complexity index is 734. The van der Waals surface area contributed by atoms with E-state index < -0.39 is 11.7 Å². The van der Waals surface area contributed by atoms with Gasteiger partial charge in [-0.25, -0.2) is 14.8 Å². The molecule has 25 heavy (non-hydrogen) atoms. The standard InChI is InChI=1S/C19H23N3O3/c1-19(2,3)25-18(24)20-9-5-7-15-11-21-17(22-12-15)16-8-4-6-14(10-16)13-23/h4-8,10-12,23H,9,13H2,1-3H3,(H,20,24)/b7-5+. The van der Waals surface area contributed by atoms with Gasteiger partial charge in [0.05, 0.1) is 6.61 Å². The van der Waals surface area contributed by atoms with E-state index in [4.69, 9.17) is 4.74 Å². The lowest BCUT2D eigenvalue weighted by molar-refractivity contribution is 0.0534. The minimum Gasteiger partial charge on any atom is -0.444 e. The normalized spacial score (nSPS) is 11.5. The molecule has 2 rings (SSSR count). The highest BCUT2D eigenvalue weighted by molar-refractivity contribution is 5.68. The molecule has 0 bridgehead atoms. The minimum absolute atomic E-state index is 0.0146. The zero-order valence-corrected chi connectivity index (χ0v) is 14.7. The lowest BCUT2D eigenvalue weighted by Crippen LogP contribution is -2.32. The Kier molecular flexibility index (Phi) is 6.25. The number of alkyl carbamates (subject to hydrolysis) is 1. The summed E-state index contributed by atoms with van der Waals surface area (Å²) in [6.45, 7) is 5.79. The predicted octanol–water partition coefficient (Wildman–Crippen LogP) is 3.17. The third kappa shape index (κ3) is 6.35. The molecule has 1 amide bonds. The van der Waals surface area contributed by atoms with Crippen molar-refractivity contribution < 1.29 is 14.6 Å². The summed E-state index contributed by atoms with van der Waals surface area (Å²) in [6, 6.07) is 7.46. The fourth-order valence-electron chi connectivity index (χ4n) is 2.03. The van der Waals surface area contributed by atoms with Gasteiger partial charge in [0.2, 0.25) is 0 Å². The number of aliphatic hydroxyl groups excluding tert-OH is 1. The second-order valence-corrected chi connectivity index (χ2v) is 6.48. The largest absolute Gasteiger partial charge is 0.444 e. The number of carbonyl (C=O) groups excluding carboxylic acids is 1. The average molecular weight is 341 g/mol. The van der Waals surface area contributed by atoms with Crippen LogP contribution >= 0.6 is 0 Å². The van der Waals surface area contributed by atoms with Crippen molar-refractivity contribution in [3.8, 4) is 11.4 Å². The Hall–Kier alpha value is -2.73. The Balaban J connectivity index is 1.90. The molecule has 2 N–H and O–H groups in total. The van der Waals surface area contributed by atoms with E-state index in [1.807, 2.05) is 51.1 Å². The van der Waals surface area contributed by atoms with Crippen LogP contribution in [0.2, 0.25) is 0 Å². The summed E-state index contributed by atoms with van der Waals surface area (Å²) in [4.78, 5) is 20.2. The number of amides is 1. The number of aliphatic hydroxyl groups is 1. The molecule has 0 aliphatic rings. The van der Waals surface area contributed by atoms with Crippen LogP contribution in [0.5, 0.6) is 0 Å². The molecule has 0 aliphatic heterocycles. The molecule has 2 aromatic rings. The maximum Gasteiger partial charge on any atom is 0.407 e. The third-order valence-corrected chi connectivity index (χ3v) is 3.11. The molecule has 1 heterocycles. The number of hydrogen-bond acceptors (Lipinski definition) is 5. The molecule has 0 fully saturated rings. The first-order chi connectivity index (χ1) is 11.9. The average Bonchev–Trinajstić information content (AvgIpc) is 2.58. The Morgan fingerprint density at radius 3 is 2.64 bits per heavy atom. The van der Waals surface area contributed by atoms with E-state index in [2.05, 4.69) is 15.3 Å². The molecule has 0 radical (unpaired) electrons. The highest BCUT2D eigenvalue weighted by atomic mass is 16.6. The van der Waals surface area contributed by atoms with Crippen molar-refractivity contribution in [2.24, 2.45) is 0 Å². The third-order valence-electron chi connectivity index (χ3n) is 3.11. The van der Waals surface area contributed by atoms with Gasteiger partial charge in [0.25, 0.3) is 0 Å². The second kappa shape index (κ2) is 8.39. The van der Waals surface area contributed by atoms with E-state index in [9.17, 15) is 9.90 Å². The van der Waals surface area contributed by atoms with Crippen LogP contribution in [0.3, 0.4) is 0 Å². The number of rotatable bonds is 5. The zero-order chi connectivity index (χ0) is 18.3. The van der Waals surface area contributed by atoms with E-state index in [1.54, 1.807) is 18.5 Å². The molecule has 0 saturated carbocycles. The molecular formula is C19H23N3O3. The maximum atomic E-state index is 11.5. The summed E-state index contributed by atoms with van der Waals surface area (Å²) in [5, 5.41) is 11.8. The van der Waals surface area contributed by atoms with Gasteiger partial charge >= 0.3 is 6.09 Å². The fraction of sp³-hybridized carbons (Fsp3) is 0.316. The van der Waals surface area contributed by atoms with Gasteiger partial charge in [0, 0.05) is 30.1 Å². The van der Waals surface area contributed by atoms with Crippen LogP contribution in [0.4, 0.5) is 4.79 Å². The molecule has 0 unspecified atom stereocenters. The number of aromatic nitrogens is 2. The molecular weight excluding hydrogens is 318 g/mol. The topological polar surface area (TPSA) is 84.3 Å². The molecule has 0 saturated heterocycles. The summed E-state index contributed by atoms with van der Waals surface area (Å²) < 4.78 is 5.15. The first kappa shape index (κ1) is 18.6. The Morgan fingerprint density at radius 1 is 1.28 bits per heavy atom. The monoisotopic (exact) mass is 341 g/mol. The van der Waals surface area contributed by atoms with Crippen molar-refractivity contribution in [1.29, 1.82) is 0 Å². The number of carbonyl (C=O) groups is 1. The van der Waals surface area contributed by atoms with Gasteiger partial charge in [-0.05, 0) is 32.4 Å². The van der Waals surface area contributed by atoms with Crippen molar-refractivity contribution in [2.45, 2.75) is 33.0 Å². The van der Waals surface area contributed by atoms with E-state index in [-0.39, 0.29) is 6.61 Å². The summed E-state index contributed by atoms with van der Waals surface area (Å²) in [6.07, 6.45) is 6.59. The number of hydrogen-bond donors (Lipinski definition) is 2. The van der Waals surface area contributed by atoms with Gasteiger partial charge in [-0.15, -0.1) is 0 Å². The van der Waals surface area contributed by atoms with Crippen molar-refractivity contribution in [1.82, 2.24) is 15.3 Å². The highest BCUT2D eigenvalue weighted by Gasteiger charge is 2.14. The Morgan fingerprint density at radius 2 is 2.00 bits per heavy atom. The smallest absolute Gasteiger partial charge is 0.407 e. The summed E-state index contributed by atoms with van der Waals surface area (Å²) >= 11 is 0. The molecule has 6 heteroatoms. The second-order valence-electron chi connectivity index (χ2n) is 6.48. The van der Waals surface area contributed by atoms with Crippen LogP contribution in [-0.4, -0.2) is 33.3 Å². The number of ether oxygens (including phenoxy) is 1. The lowest BCUT2D eigenvalue weighted by Gasteiger charge is -2.19. The number of nitrogens with one attached hydrogen (secondary N) is 1. The van der Waals surface area contributed by atoms with Crippen LogP contribution in [0.15, 0.2) is 42.7 Å². The first-order valence-electron chi connectivity index (χ1n) is 8.03. The fourth-order valence-corrected chi connectivity index (χ4v) is 2.03. The van der Waals surface area contributed by atoms with E-state index in [0.717, 1.165) is 16.7 Å². The molecule has 1 aromatic carbocycles. The zero-order valence-electron chi connectivity index (χ0n) is 14.7. The van der Waals surface area contributed by atoms with Gasteiger partial charge < -0.3 is 15.2 Å². The highest BCUT2D eigenvalue weighted by Crippen LogP contribution is 2.16. The molecule has 6 nitrogen and oxygen atoms in total. The Labute approximate surface area is 147 Å². The first-order valence-corrected chi connectivity index (χ1v) is 8.03. The van der Waals surface area contributed by atoms with Crippen molar-refractivity contribution >= 4 is 12.2 Å². The van der Waals surface area contributed by atoms with Crippen LogP contribution in [0, 0.1) is 0 Å². The molecule has 0 aliphatic carbocycles. The number of nitrogens with zero attached hydrogens (tertiary/aromatic N) is 2. The van der Waals surface area contributed by atoms with E-state index >= 15 is 0 Å². The van der Waals surface area contributed by atoms with E-state index in [0.29, 0.717) is 12.4 Å². The van der Waals surface area contributed by atoms with Crippen LogP contribution in [-0.2, 0) is 11.3 Å². The van der Waals surface area contributed by atoms with Crippen molar-refractivity contribution in [3.05, 3.63) is 53.9 Å². The van der Waals surface area contributed by atoms with Gasteiger partial charge in [0.15, 0.2) is 5.82 Å². The summed E-state index contributed by atoms with van der Waals surface area (Å²) in [5.74, 6) is 0.597. The molecule has 0 atom stereocenters. The van der Waals surface area contributed by atoms with Crippen LogP contribution < -0.4 is 5.32 Å². The quantitative estimate of drug-likeness (QED) is 0.872. The number of benzene rings is 1. The molecule has 0 spiro atoms. The van der Waals surface area contributed by atoms with Gasteiger partial charge in [-0.3, -0.25) is 0 Å². The molecule has 132 valence electrons. The summed E-state index contributed by atoms with van der Waals surface area (Å²) in [7, 11) is 0. The van der Waals surface area contributed by atoms with Crippen LogP contribution in [0.25, 0.3) is 17.5 Å². The predicted molar refractivity (Wildman–Crippen MR) is 96.7 cm³/mol. The summed E-state index contributed by atoms with van der Waals surface area (Å²) in [5.41, 5.74) is 1.99. The van der Waals surface area contributed by atoms with Gasteiger partial charge in [-0.2, -0.15) is 0 Å². The maximum absolute atomic E-state index is 11.5.